The molecule has 0 saturated heterocycles. The summed E-state index contributed by atoms with van der Waals surface area (Å²) in [7, 11) is 0. The topological polar surface area (TPSA) is 127 Å². The number of esters is 1. The molecule has 1 aromatic heterocycles. The third kappa shape index (κ3) is 5.86. The van der Waals surface area contributed by atoms with Gasteiger partial charge >= 0.3 is 12.1 Å². The first-order valence-corrected chi connectivity index (χ1v) is 11.0. The van der Waals surface area contributed by atoms with E-state index in [4.69, 9.17) is 15.2 Å². The maximum Gasteiger partial charge on any atom is 0.408 e. The molecule has 9 heteroatoms. The van der Waals surface area contributed by atoms with E-state index in [0.717, 1.165) is 5.39 Å². The zero-order chi connectivity index (χ0) is 25.0. The van der Waals surface area contributed by atoms with Crippen molar-refractivity contribution in [3.8, 4) is 0 Å². The van der Waals surface area contributed by atoms with Gasteiger partial charge in [-0.2, -0.15) is 0 Å². The monoisotopic (exact) mass is 466 g/mol. The van der Waals surface area contributed by atoms with Gasteiger partial charge in [0.25, 0.3) is 5.91 Å². The molecule has 9 nitrogen and oxygen atoms in total. The maximum absolute atomic E-state index is 13.5. The van der Waals surface area contributed by atoms with Crippen molar-refractivity contribution in [3.63, 3.8) is 0 Å². The molecule has 34 heavy (non-hydrogen) atoms. The Kier molecular flexibility index (Phi) is 7.14. The minimum absolute atomic E-state index is 0.264. The average molecular weight is 467 g/mol. The third-order valence-electron chi connectivity index (χ3n) is 4.81. The number of hydrogen-bond donors (Lipinski definition) is 3. The summed E-state index contributed by atoms with van der Waals surface area (Å²) in [5.41, 5.74) is 7.85. The zero-order valence-corrected chi connectivity index (χ0v) is 20.0. The number of carbonyl (C=O) groups is 3. The van der Waals surface area contributed by atoms with Gasteiger partial charge in [0.05, 0.1) is 12.3 Å². The van der Waals surface area contributed by atoms with Crippen LogP contribution in [-0.2, 0) is 14.3 Å². The van der Waals surface area contributed by atoms with Crippen molar-refractivity contribution in [1.82, 2.24) is 10.3 Å². The average Bonchev–Trinajstić information content (AvgIpc) is 3.16. The molecule has 4 N–H and O–H groups in total. The van der Waals surface area contributed by atoms with E-state index in [1.807, 2.05) is 0 Å². The van der Waals surface area contributed by atoms with E-state index in [2.05, 4.69) is 10.3 Å². The van der Waals surface area contributed by atoms with E-state index in [1.54, 1.807) is 83.1 Å². The fourth-order valence-electron chi connectivity index (χ4n) is 3.39. The standard InChI is InChI=1S/C25H30N4O5/c1-6-33-23(31)21-13-16-12-19(10-11-20(16)28-21)29(18-9-7-8-17(26)14-18)22(30)15(2)27-24(32)34-25(3,4)5/h7-15,28H,6,26H2,1-5H3,(H,27,32). The number of H-pyrrole nitrogens is 1. The molecular formula is C25H30N4O5. The van der Waals surface area contributed by atoms with Crippen LogP contribution in [0, 0.1) is 0 Å². The van der Waals surface area contributed by atoms with Gasteiger partial charge in [-0.15, -0.1) is 0 Å². The first kappa shape index (κ1) is 24.6. The fraction of sp³-hybridized carbons (Fsp3) is 0.320. The molecular weight excluding hydrogens is 436 g/mol. The Morgan fingerprint density at radius 1 is 1.09 bits per heavy atom. The minimum atomic E-state index is -0.895. The second-order valence-corrected chi connectivity index (χ2v) is 8.81. The van der Waals surface area contributed by atoms with Gasteiger partial charge in [-0.25, -0.2) is 9.59 Å². The molecule has 0 aliphatic carbocycles. The molecule has 1 heterocycles. The molecule has 1 atom stereocenters. The number of aromatic amines is 1. The third-order valence-corrected chi connectivity index (χ3v) is 4.81. The lowest BCUT2D eigenvalue weighted by Crippen LogP contribution is -2.47. The molecule has 0 aliphatic heterocycles. The number of hydrogen-bond acceptors (Lipinski definition) is 6. The number of carbonyl (C=O) groups excluding carboxylic acids is 3. The summed E-state index contributed by atoms with van der Waals surface area (Å²) in [5, 5.41) is 3.31. The van der Waals surface area contributed by atoms with Gasteiger partial charge in [0.15, 0.2) is 0 Å². The number of ether oxygens (including phenoxy) is 2. The molecule has 0 radical (unpaired) electrons. The van der Waals surface area contributed by atoms with Crippen LogP contribution in [0.1, 0.15) is 45.1 Å². The Morgan fingerprint density at radius 3 is 2.44 bits per heavy atom. The SMILES string of the molecule is CCOC(=O)c1cc2cc(N(C(=O)C(C)NC(=O)OC(C)(C)C)c3cccc(N)c3)ccc2[nH]1. The molecule has 180 valence electrons. The van der Waals surface area contributed by atoms with E-state index < -0.39 is 29.6 Å². The quantitative estimate of drug-likeness (QED) is 0.362. The number of fused-ring (bicyclic) bond motifs is 1. The van der Waals surface area contributed by atoms with E-state index in [0.29, 0.717) is 28.3 Å². The Balaban J connectivity index is 1.98. The summed E-state index contributed by atoms with van der Waals surface area (Å²) in [5.74, 6) is -0.851. The number of amides is 2. The summed E-state index contributed by atoms with van der Waals surface area (Å²) in [6.07, 6.45) is -0.693. The van der Waals surface area contributed by atoms with Crippen LogP contribution >= 0.6 is 0 Å². The Bertz CT molecular complexity index is 1210. The van der Waals surface area contributed by atoms with E-state index in [1.165, 1.54) is 4.90 Å². The smallest absolute Gasteiger partial charge is 0.408 e. The zero-order valence-electron chi connectivity index (χ0n) is 20.0. The van der Waals surface area contributed by atoms with Gasteiger partial charge in [0, 0.05) is 22.3 Å². The largest absolute Gasteiger partial charge is 0.461 e. The summed E-state index contributed by atoms with van der Waals surface area (Å²) in [6.45, 7) is 8.82. The van der Waals surface area contributed by atoms with Crippen molar-refractivity contribution in [1.29, 1.82) is 0 Å². The van der Waals surface area contributed by atoms with Crippen LogP contribution in [-0.4, -0.2) is 41.2 Å². The molecule has 3 rings (SSSR count). The molecule has 0 bridgehead atoms. The summed E-state index contributed by atoms with van der Waals surface area (Å²) < 4.78 is 10.3. The lowest BCUT2D eigenvalue weighted by molar-refractivity contribution is -0.119. The molecule has 0 aliphatic rings. The molecule has 2 aromatic carbocycles. The van der Waals surface area contributed by atoms with Crippen molar-refractivity contribution in [2.75, 3.05) is 17.2 Å². The molecule has 0 saturated carbocycles. The van der Waals surface area contributed by atoms with Gasteiger partial charge in [0.2, 0.25) is 0 Å². The van der Waals surface area contributed by atoms with Crippen molar-refractivity contribution in [3.05, 3.63) is 54.2 Å². The minimum Gasteiger partial charge on any atom is -0.461 e. The van der Waals surface area contributed by atoms with Gasteiger partial charge in [-0.3, -0.25) is 9.69 Å². The highest BCUT2D eigenvalue weighted by Crippen LogP contribution is 2.31. The molecule has 3 aromatic rings. The van der Waals surface area contributed by atoms with Gasteiger partial charge < -0.3 is 25.5 Å². The van der Waals surface area contributed by atoms with E-state index >= 15 is 0 Å². The Hall–Kier alpha value is -4.01. The van der Waals surface area contributed by atoms with Crippen LogP contribution in [0.5, 0.6) is 0 Å². The molecule has 1 unspecified atom stereocenters. The van der Waals surface area contributed by atoms with Crippen LogP contribution in [0.4, 0.5) is 21.9 Å². The highest BCUT2D eigenvalue weighted by atomic mass is 16.6. The lowest BCUT2D eigenvalue weighted by atomic mass is 10.1. The van der Waals surface area contributed by atoms with E-state index in [9.17, 15) is 14.4 Å². The number of benzene rings is 2. The van der Waals surface area contributed by atoms with Crippen LogP contribution in [0.15, 0.2) is 48.5 Å². The van der Waals surface area contributed by atoms with Crippen molar-refractivity contribution < 1.29 is 23.9 Å². The molecule has 2 amide bonds. The van der Waals surface area contributed by atoms with Crippen LogP contribution in [0.25, 0.3) is 10.9 Å². The molecule has 0 fully saturated rings. The normalized spacial score (nSPS) is 12.1. The summed E-state index contributed by atoms with van der Waals surface area (Å²) in [4.78, 5) is 42.4. The lowest BCUT2D eigenvalue weighted by Gasteiger charge is -2.28. The predicted octanol–water partition coefficient (Wildman–Crippen LogP) is 4.50. The van der Waals surface area contributed by atoms with Crippen LogP contribution < -0.4 is 16.0 Å². The summed E-state index contributed by atoms with van der Waals surface area (Å²) >= 11 is 0. The number of aromatic nitrogens is 1. The van der Waals surface area contributed by atoms with Crippen molar-refractivity contribution >= 4 is 45.9 Å². The van der Waals surface area contributed by atoms with Crippen molar-refractivity contribution in [2.24, 2.45) is 0 Å². The highest BCUT2D eigenvalue weighted by molar-refractivity contribution is 6.06. The number of rotatable bonds is 6. The highest BCUT2D eigenvalue weighted by Gasteiger charge is 2.27. The van der Waals surface area contributed by atoms with E-state index in [-0.39, 0.29) is 6.61 Å². The fourth-order valence-corrected chi connectivity index (χ4v) is 3.39. The van der Waals surface area contributed by atoms with Crippen molar-refractivity contribution in [2.45, 2.75) is 46.3 Å². The number of nitrogens with one attached hydrogen (secondary N) is 2. The number of nitrogen functional groups attached to an aromatic ring is 1. The second kappa shape index (κ2) is 9.86. The second-order valence-electron chi connectivity index (χ2n) is 8.81. The van der Waals surface area contributed by atoms with Gasteiger partial charge in [-0.1, -0.05) is 6.07 Å². The van der Waals surface area contributed by atoms with Gasteiger partial charge in [-0.05, 0) is 77.1 Å². The predicted molar refractivity (Wildman–Crippen MR) is 131 cm³/mol. The number of alkyl carbamates (subject to hydrolysis) is 1. The number of nitrogens with zero attached hydrogens (tertiary/aromatic N) is 1. The van der Waals surface area contributed by atoms with Crippen LogP contribution in [0.2, 0.25) is 0 Å². The molecule has 0 spiro atoms. The first-order valence-electron chi connectivity index (χ1n) is 11.0. The summed E-state index contributed by atoms with van der Waals surface area (Å²) in [6, 6.07) is 12.9. The number of nitrogens with two attached hydrogens (primary N) is 1. The number of anilines is 3. The van der Waals surface area contributed by atoms with Crippen LogP contribution in [0.3, 0.4) is 0 Å². The van der Waals surface area contributed by atoms with Gasteiger partial charge in [0.1, 0.15) is 17.3 Å². The Labute approximate surface area is 198 Å². The first-order chi connectivity index (χ1) is 16.0. The Morgan fingerprint density at radius 2 is 1.79 bits per heavy atom. The maximum atomic E-state index is 13.5.